The molecule has 1 atom stereocenters. The highest BCUT2D eigenvalue weighted by atomic mass is 35.5. The monoisotopic (exact) mass is 343 g/mol. The summed E-state index contributed by atoms with van der Waals surface area (Å²) < 4.78 is 5.53. The molecule has 2 aromatic rings. The number of anilines is 1. The lowest BCUT2D eigenvalue weighted by Gasteiger charge is -2.15. The van der Waals surface area contributed by atoms with E-state index in [0.717, 1.165) is 0 Å². The van der Waals surface area contributed by atoms with Gasteiger partial charge in [0.05, 0.1) is 10.0 Å². The van der Waals surface area contributed by atoms with Crippen LogP contribution in [0.3, 0.4) is 0 Å². The van der Waals surface area contributed by atoms with Gasteiger partial charge in [-0.2, -0.15) is 0 Å². The van der Waals surface area contributed by atoms with Crippen molar-refractivity contribution >= 4 is 46.4 Å². The molecule has 0 unspecified atom stereocenters. The molecule has 1 amide bonds. The van der Waals surface area contributed by atoms with Gasteiger partial charge < -0.3 is 10.1 Å². The van der Waals surface area contributed by atoms with Gasteiger partial charge in [0, 0.05) is 10.7 Å². The first kappa shape index (κ1) is 16.0. The van der Waals surface area contributed by atoms with Gasteiger partial charge in [-0.1, -0.05) is 34.8 Å². The zero-order valence-corrected chi connectivity index (χ0v) is 13.3. The smallest absolute Gasteiger partial charge is 0.265 e. The van der Waals surface area contributed by atoms with Gasteiger partial charge in [-0.15, -0.1) is 0 Å². The standard InChI is InChI=1S/C15H12Cl3NO2/c1-9(21-12-5-2-10(16)3-6-12)15(20)19-11-4-7-13(17)14(18)8-11/h2-9H,1H3,(H,19,20)/t9-/m0/s1. The van der Waals surface area contributed by atoms with E-state index >= 15 is 0 Å². The third-order valence-electron chi connectivity index (χ3n) is 2.68. The lowest BCUT2D eigenvalue weighted by Crippen LogP contribution is -2.30. The molecule has 0 radical (unpaired) electrons. The normalized spacial score (nSPS) is 11.8. The van der Waals surface area contributed by atoms with E-state index in [4.69, 9.17) is 39.5 Å². The number of amides is 1. The van der Waals surface area contributed by atoms with Gasteiger partial charge in [-0.25, -0.2) is 0 Å². The highest BCUT2D eigenvalue weighted by molar-refractivity contribution is 6.42. The second-order valence-electron chi connectivity index (χ2n) is 4.33. The van der Waals surface area contributed by atoms with Crippen LogP contribution in [0.15, 0.2) is 42.5 Å². The summed E-state index contributed by atoms with van der Waals surface area (Å²) in [6.07, 6.45) is -0.666. The Morgan fingerprint density at radius 3 is 2.33 bits per heavy atom. The molecule has 6 heteroatoms. The molecule has 0 heterocycles. The van der Waals surface area contributed by atoms with Gasteiger partial charge in [-0.3, -0.25) is 4.79 Å². The molecule has 0 aliphatic heterocycles. The van der Waals surface area contributed by atoms with Crippen molar-refractivity contribution in [1.29, 1.82) is 0 Å². The van der Waals surface area contributed by atoms with Crippen molar-refractivity contribution in [3.8, 4) is 5.75 Å². The Morgan fingerprint density at radius 2 is 1.71 bits per heavy atom. The summed E-state index contributed by atoms with van der Waals surface area (Å²) in [5.74, 6) is 0.277. The van der Waals surface area contributed by atoms with Crippen molar-refractivity contribution in [1.82, 2.24) is 0 Å². The number of carbonyl (C=O) groups is 1. The number of ether oxygens (including phenoxy) is 1. The SMILES string of the molecule is C[C@H](Oc1ccc(Cl)cc1)C(=O)Nc1ccc(Cl)c(Cl)c1. The fourth-order valence-corrected chi connectivity index (χ4v) is 2.01. The predicted molar refractivity (Wildman–Crippen MR) is 86.6 cm³/mol. The minimum atomic E-state index is -0.666. The lowest BCUT2D eigenvalue weighted by atomic mass is 10.3. The second-order valence-corrected chi connectivity index (χ2v) is 5.58. The molecule has 0 spiro atoms. The number of hydrogen-bond donors (Lipinski definition) is 1. The van der Waals surface area contributed by atoms with Gasteiger partial charge in [-0.05, 0) is 49.4 Å². The molecular formula is C15H12Cl3NO2. The molecule has 3 nitrogen and oxygen atoms in total. The van der Waals surface area contributed by atoms with E-state index in [1.165, 1.54) is 0 Å². The third kappa shape index (κ3) is 4.53. The second kappa shape index (κ2) is 7.03. The lowest BCUT2D eigenvalue weighted by molar-refractivity contribution is -0.122. The number of benzene rings is 2. The number of halogens is 3. The van der Waals surface area contributed by atoms with Crippen molar-refractivity contribution in [3.05, 3.63) is 57.5 Å². The van der Waals surface area contributed by atoms with E-state index in [2.05, 4.69) is 5.32 Å². The Hall–Kier alpha value is -1.42. The Kier molecular flexibility index (Phi) is 5.34. The molecule has 0 aliphatic carbocycles. The van der Waals surface area contributed by atoms with Crippen LogP contribution in [-0.4, -0.2) is 12.0 Å². The number of nitrogens with one attached hydrogen (secondary N) is 1. The highest BCUT2D eigenvalue weighted by Crippen LogP contribution is 2.25. The number of rotatable bonds is 4. The minimum absolute atomic E-state index is 0.289. The van der Waals surface area contributed by atoms with E-state index in [0.29, 0.717) is 26.5 Å². The first-order chi connectivity index (χ1) is 9.95. The Labute approximate surface area is 137 Å². The van der Waals surface area contributed by atoms with Crippen LogP contribution in [0.2, 0.25) is 15.1 Å². The van der Waals surface area contributed by atoms with E-state index in [1.54, 1.807) is 49.4 Å². The highest BCUT2D eigenvalue weighted by Gasteiger charge is 2.15. The van der Waals surface area contributed by atoms with Crippen molar-refractivity contribution in [2.45, 2.75) is 13.0 Å². The van der Waals surface area contributed by atoms with Crippen LogP contribution in [0.25, 0.3) is 0 Å². The summed E-state index contributed by atoms with van der Waals surface area (Å²) in [7, 11) is 0. The summed E-state index contributed by atoms with van der Waals surface area (Å²) in [5, 5.41) is 4.12. The van der Waals surface area contributed by atoms with Gasteiger partial charge in [0.2, 0.25) is 0 Å². The van der Waals surface area contributed by atoms with Crippen LogP contribution < -0.4 is 10.1 Å². The van der Waals surface area contributed by atoms with Crippen LogP contribution in [0.5, 0.6) is 5.75 Å². The quantitative estimate of drug-likeness (QED) is 0.842. The molecule has 21 heavy (non-hydrogen) atoms. The van der Waals surface area contributed by atoms with E-state index in [-0.39, 0.29) is 5.91 Å². The summed E-state index contributed by atoms with van der Waals surface area (Å²) in [6, 6.07) is 11.7. The molecule has 0 saturated heterocycles. The van der Waals surface area contributed by atoms with Crippen LogP contribution in [-0.2, 0) is 4.79 Å². The van der Waals surface area contributed by atoms with Crippen molar-refractivity contribution in [3.63, 3.8) is 0 Å². The molecular weight excluding hydrogens is 333 g/mol. The molecule has 0 saturated carbocycles. The summed E-state index contributed by atoms with van der Waals surface area (Å²) >= 11 is 17.5. The van der Waals surface area contributed by atoms with Gasteiger partial charge in [0.1, 0.15) is 5.75 Å². The fraction of sp³-hybridized carbons (Fsp3) is 0.133. The molecule has 0 aromatic heterocycles. The Balaban J connectivity index is 1.98. The van der Waals surface area contributed by atoms with Crippen LogP contribution in [0.4, 0.5) is 5.69 Å². The molecule has 0 fully saturated rings. The molecule has 0 aliphatic rings. The van der Waals surface area contributed by atoms with Crippen LogP contribution in [0, 0.1) is 0 Å². The average molecular weight is 345 g/mol. The summed E-state index contributed by atoms with van der Waals surface area (Å²) in [6.45, 7) is 1.65. The Bertz CT molecular complexity index is 644. The van der Waals surface area contributed by atoms with Crippen molar-refractivity contribution in [2.75, 3.05) is 5.32 Å². The fourth-order valence-electron chi connectivity index (χ4n) is 1.59. The van der Waals surface area contributed by atoms with E-state index < -0.39 is 6.10 Å². The van der Waals surface area contributed by atoms with Crippen LogP contribution in [0.1, 0.15) is 6.92 Å². The largest absolute Gasteiger partial charge is 0.481 e. The van der Waals surface area contributed by atoms with Crippen molar-refractivity contribution in [2.24, 2.45) is 0 Å². The average Bonchev–Trinajstić information content (AvgIpc) is 2.45. The first-order valence-electron chi connectivity index (χ1n) is 6.14. The maximum absolute atomic E-state index is 12.0. The summed E-state index contributed by atoms with van der Waals surface area (Å²) in [4.78, 5) is 12.0. The predicted octanol–water partition coefficient (Wildman–Crippen LogP) is 5.05. The minimum Gasteiger partial charge on any atom is -0.481 e. The molecule has 110 valence electrons. The van der Waals surface area contributed by atoms with Gasteiger partial charge in [0.25, 0.3) is 5.91 Å². The maximum Gasteiger partial charge on any atom is 0.265 e. The maximum atomic E-state index is 12.0. The summed E-state index contributed by atoms with van der Waals surface area (Å²) in [5.41, 5.74) is 0.556. The van der Waals surface area contributed by atoms with E-state index in [9.17, 15) is 4.79 Å². The molecule has 0 bridgehead atoms. The van der Waals surface area contributed by atoms with Crippen molar-refractivity contribution < 1.29 is 9.53 Å². The van der Waals surface area contributed by atoms with Gasteiger partial charge >= 0.3 is 0 Å². The topological polar surface area (TPSA) is 38.3 Å². The first-order valence-corrected chi connectivity index (χ1v) is 7.27. The molecule has 1 N–H and O–H groups in total. The Morgan fingerprint density at radius 1 is 1.05 bits per heavy atom. The third-order valence-corrected chi connectivity index (χ3v) is 3.67. The van der Waals surface area contributed by atoms with Gasteiger partial charge in [0.15, 0.2) is 6.10 Å². The number of hydrogen-bond acceptors (Lipinski definition) is 2. The molecule has 2 aromatic carbocycles. The molecule has 2 rings (SSSR count). The zero-order chi connectivity index (χ0) is 15.4. The number of carbonyl (C=O) groups excluding carboxylic acids is 1. The zero-order valence-electron chi connectivity index (χ0n) is 11.1. The van der Waals surface area contributed by atoms with Crippen LogP contribution >= 0.6 is 34.8 Å². The van der Waals surface area contributed by atoms with E-state index in [1.807, 2.05) is 0 Å².